The molecule has 1 aliphatic rings. The van der Waals surface area contributed by atoms with E-state index in [1.807, 2.05) is 13.8 Å². The third kappa shape index (κ3) is 4.22. The minimum Gasteiger partial charge on any atom is -0.491 e. The lowest BCUT2D eigenvalue weighted by Crippen LogP contribution is -2.39. The molecule has 0 heterocycles. The van der Waals surface area contributed by atoms with E-state index in [0.29, 0.717) is 25.2 Å². The van der Waals surface area contributed by atoms with Gasteiger partial charge in [0.15, 0.2) is 0 Å². The van der Waals surface area contributed by atoms with Gasteiger partial charge in [0.2, 0.25) is 0 Å². The Morgan fingerprint density at radius 3 is 2.48 bits per heavy atom. The van der Waals surface area contributed by atoms with Gasteiger partial charge < -0.3 is 14.6 Å². The Labute approximate surface area is 128 Å². The van der Waals surface area contributed by atoms with Gasteiger partial charge in [-0.2, -0.15) is 0 Å². The summed E-state index contributed by atoms with van der Waals surface area (Å²) in [4.78, 5) is 12.4. The fourth-order valence-electron chi connectivity index (χ4n) is 3.08. The number of hydrogen-bond donors (Lipinski definition) is 1. The van der Waals surface area contributed by atoms with E-state index in [1.54, 1.807) is 6.92 Å². The van der Waals surface area contributed by atoms with Crippen LogP contribution in [0.5, 0.6) is 0 Å². The Kier molecular flexibility index (Phi) is 7.23. The van der Waals surface area contributed by atoms with Gasteiger partial charge in [0, 0.05) is 0 Å². The van der Waals surface area contributed by atoms with Crippen molar-refractivity contribution in [3.05, 3.63) is 12.3 Å². The van der Waals surface area contributed by atoms with Crippen LogP contribution < -0.4 is 0 Å². The second kappa shape index (κ2) is 8.42. The van der Waals surface area contributed by atoms with Crippen LogP contribution >= 0.6 is 0 Å². The summed E-state index contributed by atoms with van der Waals surface area (Å²) in [6, 6.07) is 0. The summed E-state index contributed by atoms with van der Waals surface area (Å²) in [7, 11) is 0. The van der Waals surface area contributed by atoms with Crippen molar-refractivity contribution in [2.45, 2.75) is 77.9 Å². The molecular formula is C17H30O4. The smallest absolute Gasteiger partial charge is 0.319 e. The maximum absolute atomic E-state index is 12.4. The van der Waals surface area contributed by atoms with Gasteiger partial charge in [0.1, 0.15) is 17.3 Å². The molecule has 4 nitrogen and oxygen atoms in total. The van der Waals surface area contributed by atoms with Crippen LogP contribution in [0.15, 0.2) is 12.3 Å². The van der Waals surface area contributed by atoms with Crippen molar-refractivity contribution in [2.24, 2.45) is 5.41 Å². The number of carbonyl (C=O) groups is 1. The Morgan fingerprint density at radius 1 is 1.29 bits per heavy atom. The number of ether oxygens (including phenoxy) is 2. The summed E-state index contributed by atoms with van der Waals surface area (Å²) in [5.41, 5.74) is -0.790. The van der Waals surface area contributed by atoms with Crippen molar-refractivity contribution in [1.29, 1.82) is 0 Å². The Balaban J connectivity index is 2.85. The molecule has 0 bridgehead atoms. The average molecular weight is 298 g/mol. The molecule has 0 aliphatic heterocycles. The van der Waals surface area contributed by atoms with Gasteiger partial charge in [-0.15, -0.1) is 0 Å². The predicted molar refractivity (Wildman–Crippen MR) is 82.8 cm³/mol. The summed E-state index contributed by atoms with van der Waals surface area (Å²) in [6.45, 7) is 10.2. The standard InChI is InChI=1S/C17H30O4/c1-5-12-17(6-2,16(19)20-7-3)13(4)21-15-11-9-8-10-14(15)18/h14-15,18H,4-12H2,1-3H3/t14-,15-,17-/m0/s1. The molecule has 1 aliphatic carbocycles. The monoisotopic (exact) mass is 298 g/mol. The van der Waals surface area contributed by atoms with E-state index < -0.39 is 11.5 Å². The molecular weight excluding hydrogens is 268 g/mol. The summed E-state index contributed by atoms with van der Waals surface area (Å²) in [5, 5.41) is 10.0. The maximum Gasteiger partial charge on any atom is 0.319 e. The molecule has 1 rings (SSSR count). The number of aliphatic hydroxyl groups excluding tert-OH is 1. The van der Waals surface area contributed by atoms with Crippen LogP contribution in [-0.2, 0) is 14.3 Å². The molecule has 0 aromatic heterocycles. The van der Waals surface area contributed by atoms with Crippen LogP contribution in [0.1, 0.15) is 65.7 Å². The van der Waals surface area contributed by atoms with Crippen LogP contribution in [0, 0.1) is 5.41 Å². The first-order valence-corrected chi connectivity index (χ1v) is 8.23. The minimum absolute atomic E-state index is 0.247. The van der Waals surface area contributed by atoms with E-state index in [0.717, 1.165) is 32.1 Å². The molecule has 0 aromatic carbocycles. The molecule has 0 spiro atoms. The molecule has 0 amide bonds. The number of rotatable bonds is 8. The molecule has 3 atom stereocenters. The third-order valence-corrected chi connectivity index (χ3v) is 4.44. The number of hydrogen-bond acceptors (Lipinski definition) is 4. The van der Waals surface area contributed by atoms with Gasteiger partial charge in [-0.25, -0.2) is 0 Å². The first-order valence-electron chi connectivity index (χ1n) is 8.23. The van der Waals surface area contributed by atoms with Gasteiger partial charge in [-0.05, 0) is 39.0 Å². The van der Waals surface area contributed by atoms with E-state index in [9.17, 15) is 9.90 Å². The van der Waals surface area contributed by atoms with Crippen LogP contribution in [0.3, 0.4) is 0 Å². The van der Waals surface area contributed by atoms with E-state index >= 15 is 0 Å². The minimum atomic E-state index is -0.790. The first kappa shape index (κ1) is 18.0. The fourth-order valence-corrected chi connectivity index (χ4v) is 3.08. The van der Waals surface area contributed by atoms with Crippen molar-refractivity contribution in [1.82, 2.24) is 0 Å². The topological polar surface area (TPSA) is 55.8 Å². The van der Waals surface area contributed by atoms with E-state index in [-0.39, 0.29) is 12.1 Å². The predicted octanol–water partition coefficient (Wildman–Crippen LogP) is 3.58. The van der Waals surface area contributed by atoms with E-state index in [1.165, 1.54) is 0 Å². The normalized spacial score (nSPS) is 25.0. The molecule has 0 aromatic rings. The zero-order chi connectivity index (χ0) is 15.9. The highest BCUT2D eigenvalue weighted by Gasteiger charge is 2.43. The molecule has 0 saturated heterocycles. The Morgan fingerprint density at radius 2 is 1.95 bits per heavy atom. The summed E-state index contributed by atoms with van der Waals surface area (Å²) in [5.74, 6) is 0.195. The fraction of sp³-hybridized carbons (Fsp3) is 0.824. The molecule has 1 N–H and O–H groups in total. The highest BCUT2D eigenvalue weighted by molar-refractivity contribution is 5.79. The second-order valence-electron chi connectivity index (χ2n) is 5.84. The number of esters is 1. The molecule has 1 saturated carbocycles. The molecule has 122 valence electrons. The second-order valence-corrected chi connectivity index (χ2v) is 5.84. The van der Waals surface area contributed by atoms with Gasteiger partial charge in [-0.3, -0.25) is 4.79 Å². The van der Waals surface area contributed by atoms with Gasteiger partial charge in [-0.1, -0.05) is 33.3 Å². The lowest BCUT2D eigenvalue weighted by molar-refractivity contribution is -0.158. The molecule has 1 fully saturated rings. The van der Waals surface area contributed by atoms with Gasteiger partial charge in [0.05, 0.1) is 12.7 Å². The van der Waals surface area contributed by atoms with Crippen molar-refractivity contribution < 1.29 is 19.4 Å². The van der Waals surface area contributed by atoms with Crippen molar-refractivity contribution in [2.75, 3.05) is 6.61 Å². The van der Waals surface area contributed by atoms with Crippen LogP contribution in [-0.4, -0.2) is 29.9 Å². The third-order valence-electron chi connectivity index (χ3n) is 4.44. The summed E-state index contributed by atoms with van der Waals surface area (Å²) < 4.78 is 11.2. The van der Waals surface area contributed by atoms with Crippen molar-refractivity contribution in [3.8, 4) is 0 Å². The zero-order valence-corrected chi connectivity index (χ0v) is 13.7. The SMILES string of the molecule is C=C(O[C@H]1CCCC[C@@H]1O)[C@](CC)(CCC)C(=O)OCC. The lowest BCUT2D eigenvalue weighted by atomic mass is 9.79. The van der Waals surface area contributed by atoms with Crippen molar-refractivity contribution in [3.63, 3.8) is 0 Å². The first-order chi connectivity index (χ1) is 10.0. The Bertz CT molecular complexity index is 353. The van der Waals surface area contributed by atoms with Gasteiger partial charge >= 0.3 is 5.97 Å². The Hall–Kier alpha value is -1.03. The van der Waals surface area contributed by atoms with Crippen molar-refractivity contribution >= 4 is 5.97 Å². The highest BCUT2D eigenvalue weighted by Crippen LogP contribution is 2.39. The number of aliphatic hydroxyl groups is 1. The highest BCUT2D eigenvalue weighted by atomic mass is 16.5. The average Bonchev–Trinajstić information content (AvgIpc) is 2.47. The lowest BCUT2D eigenvalue weighted by Gasteiger charge is -2.36. The summed E-state index contributed by atoms with van der Waals surface area (Å²) >= 11 is 0. The van der Waals surface area contributed by atoms with Gasteiger partial charge in [0.25, 0.3) is 0 Å². The quantitative estimate of drug-likeness (QED) is 0.549. The molecule has 4 heteroatoms. The van der Waals surface area contributed by atoms with E-state index in [4.69, 9.17) is 9.47 Å². The largest absolute Gasteiger partial charge is 0.491 e. The van der Waals surface area contributed by atoms with Crippen LogP contribution in [0.25, 0.3) is 0 Å². The zero-order valence-electron chi connectivity index (χ0n) is 13.7. The molecule has 0 radical (unpaired) electrons. The van der Waals surface area contributed by atoms with Crippen LogP contribution in [0.4, 0.5) is 0 Å². The molecule has 21 heavy (non-hydrogen) atoms. The van der Waals surface area contributed by atoms with Crippen LogP contribution in [0.2, 0.25) is 0 Å². The molecule has 0 unspecified atom stereocenters. The number of carbonyl (C=O) groups excluding carboxylic acids is 1. The van der Waals surface area contributed by atoms with E-state index in [2.05, 4.69) is 6.58 Å². The maximum atomic E-state index is 12.4. The summed E-state index contributed by atoms with van der Waals surface area (Å²) in [6.07, 6.45) is 5.03.